The second kappa shape index (κ2) is 10.6. The molecule has 0 bridgehead atoms. The number of amides is 2. The van der Waals surface area contributed by atoms with Crippen LogP contribution in [0.1, 0.15) is 36.3 Å². The molecule has 1 atom stereocenters. The van der Waals surface area contributed by atoms with E-state index in [2.05, 4.69) is 17.3 Å². The zero-order valence-electron chi connectivity index (χ0n) is 21.2. The number of anilines is 2. The molecular weight excluding hydrogens is 467 g/mol. The fourth-order valence-electron chi connectivity index (χ4n) is 5.09. The molecule has 1 fully saturated rings. The third-order valence-electron chi connectivity index (χ3n) is 7.35. The predicted octanol–water partition coefficient (Wildman–Crippen LogP) is 5.38. The first-order chi connectivity index (χ1) is 17.9. The smallest absolute Gasteiger partial charge is 0.238 e. The van der Waals surface area contributed by atoms with Gasteiger partial charge in [-0.1, -0.05) is 36.4 Å². The van der Waals surface area contributed by atoms with Gasteiger partial charge in [0.2, 0.25) is 11.8 Å². The quantitative estimate of drug-likeness (QED) is 0.464. The summed E-state index contributed by atoms with van der Waals surface area (Å²) < 4.78 is 13.8. The minimum Gasteiger partial charge on any atom is -0.325 e. The van der Waals surface area contributed by atoms with E-state index in [0.717, 1.165) is 37.2 Å². The van der Waals surface area contributed by atoms with Crippen molar-refractivity contribution in [2.45, 2.75) is 25.2 Å². The van der Waals surface area contributed by atoms with Crippen LogP contribution in [0.15, 0.2) is 77.8 Å². The SMILES string of the molecule is CN1CCC(CC(=O)N(C)c2ccc(N=C(c3ccccc3)C3C(=O)Nc4cc(F)ccc43)cc2)CC1. The number of hydrogen-bond donors (Lipinski definition) is 1. The highest BCUT2D eigenvalue weighted by Gasteiger charge is 2.35. The number of rotatable bonds is 6. The number of fused-ring (bicyclic) bond motifs is 1. The summed E-state index contributed by atoms with van der Waals surface area (Å²) in [6, 6.07) is 21.4. The van der Waals surface area contributed by atoms with Gasteiger partial charge in [0.1, 0.15) is 11.7 Å². The van der Waals surface area contributed by atoms with E-state index in [0.29, 0.717) is 35.0 Å². The standard InChI is InChI=1S/C30H31FN4O2/c1-34-16-14-20(15-17-34)18-27(36)35(2)24-11-9-23(10-12-24)32-29(21-6-4-3-5-7-21)28-25-13-8-22(31)19-26(25)33-30(28)37/h3-13,19-20,28H,14-18H2,1-2H3,(H,33,37). The fourth-order valence-corrected chi connectivity index (χ4v) is 5.09. The van der Waals surface area contributed by atoms with Crippen molar-refractivity contribution in [1.29, 1.82) is 0 Å². The summed E-state index contributed by atoms with van der Waals surface area (Å²) in [6.45, 7) is 2.08. The summed E-state index contributed by atoms with van der Waals surface area (Å²) in [7, 11) is 3.93. The van der Waals surface area contributed by atoms with Gasteiger partial charge < -0.3 is 15.1 Å². The third kappa shape index (κ3) is 5.47. The van der Waals surface area contributed by atoms with Gasteiger partial charge >= 0.3 is 0 Å². The van der Waals surface area contributed by atoms with E-state index in [-0.39, 0.29) is 11.8 Å². The first kappa shape index (κ1) is 24.8. The lowest BCUT2D eigenvalue weighted by atomic mass is 9.90. The molecule has 6 nitrogen and oxygen atoms in total. The van der Waals surface area contributed by atoms with Crippen LogP contribution < -0.4 is 10.2 Å². The molecule has 0 spiro atoms. The Morgan fingerprint density at radius 1 is 1.05 bits per heavy atom. The average Bonchev–Trinajstić information content (AvgIpc) is 3.23. The van der Waals surface area contributed by atoms with Crippen molar-refractivity contribution >= 4 is 34.6 Å². The Bertz CT molecular complexity index is 1320. The van der Waals surface area contributed by atoms with Gasteiger partial charge in [-0.05, 0) is 86.4 Å². The highest BCUT2D eigenvalue weighted by Crippen LogP contribution is 2.37. The Labute approximate surface area is 216 Å². The van der Waals surface area contributed by atoms with Gasteiger partial charge in [-0.2, -0.15) is 0 Å². The number of halogens is 1. The van der Waals surface area contributed by atoms with E-state index >= 15 is 0 Å². The minimum absolute atomic E-state index is 0.113. The molecule has 2 aliphatic rings. The fraction of sp³-hybridized carbons (Fsp3) is 0.300. The molecule has 1 saturated heterocycles. The molecule has 37 heavy (non-hydrogen) atoms. The summed E-state index contributed by atoms with van der Waals surface area (Å²) in [4.78, 5) is 34.8. The van der Waals surface area contributed by atoms with Crippen molar-refractivity contribution in [1.82, 2.24) is 4.90 Å². The van der Waals surface area contributed by atoms with Crippen LogP contribution in [0.25, 0.3) is 0 Å². The molecule has 7 heteroatoms. The molecule has 1 unspecified atom stereocenters. The lowest BCUT2D eigenvalue weighted by Crippen LogP contribution is -2.34. The van der Waals surface area contributed by atoms with Crippen molar-refractivity contribution in [2.75, 3.05) is 37.4 Å². The van der Waals surface area contributed by atoms with Crippen LogP contribution in [0.5, 0.6) is 0 Å². The zero-order chi connectivity index (χ0) is 25.9. The van der Waals surface area contributed by atoms with Gasteiger partial charge in [0, 0.05) is 24.8 Å². The Morgan fingerprint density at radius 3 is 2.46 bits per heavy atom. The van der Waals surface area contributed by atoms with Crippen LogP contribution in [0.3, 0.4) is 0 Å². The van der Waals surface area contributed by atoms with Gasteiger partial charge in [-0.3, -0.25) is 14.6 Å². The number of hydrogen-bond acceptors (Lipinski definition) is 4. The number of nitrogens with one attached hydrogen (secondary N) is 1. The Morgan fingerprint density at radius 2 is 1.76 bits per heavy atom. The highest BCUT2D eigenvalue weighted by molar-refractivity contribution is 6.24. The van der Waals surface area contributed by atoms with Crippen LogP contribution in [0, 0.1) is 11.7 Å². The van der Waals surface area contributed by atoms with E-state index in [1.165, 1.54) is 12.1 Å². The summed E-state index contributed by atoms with van der Waals surface area (Å²) in [5.74, 6) is -0.752. The van der Waals surface area contributed by atoms with Crippen molar-refractivity contribution in [2.24, 2.45) is 10.9 Å². The van der Waals surface area contributed by atoms with Gasteiger partial charge in [0.15, 0.2) is 0 Å². The zero-order valence-corrected chi connectivity index (χ0v) is 21.2. The lowest BCUT2D eigenvalue weighted by molar-refractivity contribution is -0.119. The van der Waals surface area contributed by atoms with Crippen LogP contribution >= 0.6 is 0 Å². The molecule has 2 aliphatic heterocycles. The highest BCUT2D eigenvalue weighted by atomic mass is 19.1. The molecule has 5 rings (SSSR count). The third-order valence-corrected chi connectivity index (χ3v) is 7.35. The van der Waals surface area contributed by atoms with Crippen molar-refractivity contribution in [3.8, 4) is 0 Å². The van der Waals surface area contributed by atoms with E-state index in [1.807, 2.05) is 61.6 Å². The maximum Gasteiger partial charge on any atom is 0.238 e. The maximum absolute atomic E-state index is 13.8. The summed E-state index contributed by atoms with van der Waals surface area (Å²) in [6.07, 6.45) is 2.66. The predicted molar refractivity (Wildman–Crippen MR) is 145 cm³/mol. The Kier molecular flexibility index (Phi) is 7.15. The van der Waals surface area contributed by atoms with E-state index in [9.17, 15) is 14.0 Å². The number of nitrogens with zero attached hydrogens (tertiary/aromatic N) is 3. The molecule has 3 aromatic carbocycles. The van der Waals surface area contributed by atoms with Crippen molar-refractivity contribution in [3.63, 3.8) is 0 Å². The molecule has 1 N–H and O–H groups in total. The molecule has 190 valence electrons. The second-order valence-corrected chi connectivity index (χ2v) is 9.94. The van der Waals surface area contributed by atoms with Gasteiger partial charge in [-0.25, -0.2) is 4.39 Å². The first-order valence-corrected chi connectivity index (χ1v) is 12.7. The number of aliphatic imine (C=N–C) groups is 1. The molecule has 0 aromatic heterocycles. The van der Waals surface area contributed by atoms with Crippen LogP contribution in [-0.4, -0.2) is 49.6 Å². The molecule has 0 saturated carbocycles. The largest absolute Gasteiger partial charge is 0.325 e. The summed E-state index contributed by atoms with van der Waals surface area (Å²) in [5, 5.41) is 2.79. The monoisotopic (exact) mass is 498 g/mol. The van der Waals surface area contributed by atoms with Crippen molar-refractivity contribution in [3.05, 3.63) is 89.7 Å². The topological polar surface area (TPSA) is 65.0 Å². The van der Waals surface area contributed by atoms with E-state index in [4.69, 9.17) is 4.99 Å². The summed E-state index contributed by atoms with van der Waals surface area (Å²) >= 11 is 0. The van der Waals surface area contributed by atoms with Gasteiger partial charge in [0.25, 0.3) is 0 Å². The first-order valence-electron chi connectivity index (χ1n) is 12.7. The van der Waals surface area contributed by atoms with Crippen molar-refractivity contribution < 1.29 is 14.0 Å². The van der Waals surface area contributed by atoms with E-state index < -0.39 is 11.7 Å². The molecule has 0 aliphatic carbocycles. The van der Waals surface area contributed by atoms with Crippen LogP contribution in [0.2, 0.25) is 0 Å². The second-order valence-electron chi connectivity index (χ2n) is 9.94. The molecule has 2 heterocycles. The number of benzene rings is 3. The minimum atomic E-state index is -0.656. The Hall–Kier alpha value is -3.84. The van der Waals surface area contributed by atoms with Crippen LogP contribution in [0.4, 0.5) is 21.5 Å². The molecule has 0 radical (unpaired) electrons. The normalized spacial score (nSPS) is 18.4. The number of carbonyl (C=O) groups is 2. The number of likely N-dealkylation sites (tertiary alicyclic amines) is 1. The number of carbonyl (C=O) groups excluding carboxylic acids is 2. The number of piperidine rings is 1. The summed E-state index contributed by atoms with van der Waals surface area (Å²) in [5.41, 5.74) is 4.04. The van der Waals surface area contributed by atoms with Gasteiger partial charge in [0.05, 0.1) is 11.4 Å². The van der Waals surface area contributed by atoms with Gasteiger partial charge in [-0.15, -0.1) is 0 Å². The lowest BCUT2D eigenvalue weighted by Gasteiger charge is -2.29. The maximum atomic E-state index is 13.8. The molecular formula is C30H31FN4O2. The molecule has 2 amide bonds. The molecule has 3 aromatic rings. The van der Waals surface area contributed by atoms with E-state index in [1.54, 1.807) is 11.0 Å². The Balaban J connectivity index is 1.39. The van der Waals surface area contributed by atoms with Crippen LogP contribution in [-0.2, 0) is 9.59 Å². The average molecular weight is 499 g/mol.